The summed E-state index contributed by atoms with van der Waals surface area (Å²) in [7, 11) is 0. The van der Waals surface area contributed by atoms with Crippen LogP contribution in [0.25, 0.3) is 0 Å². The summed E-state index contributed by atoms with van der Waals surface area (Å²) in [6, 6.07) is 5.43. The number of hydrogen-bond acceptors (Lipinski definition) is 6. The molecule has 0 radical (unpaired) electrons. The van der Waals surface area contributed by atoms with Gasteiger partial charge in [-0.25, -0.2) is 4.79 Å². The van der Waals surface area contributed by atoms with Gasteiger partial charge in [0.1, 0.15) is 10.0 Å². The van der Waals surface area contributed by atoms with E-state index in [0.29, 0.717) is 11.4 Å². The van der Waals surface area contributed by atoms with Gasteiger partial charge in [-0.15, -0.1) is 11.3 Å². The summed E-state index contributed by atoms with van der Waals surface area (Å²) in [4.78, 5) is 35.6. The van der Waals surface area contributed by atoms with Crippen molar-refractivity contribution >= 4 is 45.5 Å². The second kappa shape index (κ2) is 8.09. The molecule has 0 aliphatic rings. The molecule has 1 N–H and O–H groups in total. The van der Waals surface area contributed by atoms with E-state index in [4.69, 9.17) is 16.3 Å². The lowest BCUT2D eigenvalue weighted by molar-refractivity contribution is -0.384. The zero-order chi connectivity index (χ0) is 18.6. The van der Waals surface area contributed by atoms with Crippen LogP contribution in [-0.2, 0) is 11.2 Å². The minimum atomic E-state index is -0.663. The summed E-state index contributed by atoms with van der Waals surface area (Å²) < 4.78 is 4.99. The van der Waals surface area contributed by atoms with Gasteiger partial charge in [0.2, 0.25) is 0 Å². The van der Waals surface area contributed by atoms with E-state index in [9.17, 15) is 19.7 Å². The Morgan fingerprint density at radius 1 is 1.32 bits per heavy atom. The van der Waals surface area contributed by atoms with E-state index >= 15 is 0 Å². The van der Waals surface area contributed by atoms with E-state index < -0.39 is 16.8 Å². The minimum Gasteiger partial charge on any atom is -0.462 e. The number of aryl methyl sites for hydroxylation is 1. The molecule has 9 heteroatoms. The molecule has 1 aromatic heterocycles. The Labute approximate surface area is 152 Å². The van der Waals surface area contributed by atoms with Gasteiger partial charge in [-0.2, -0.15) is 0 Å². The lowest BCUT2D eigenvalue weighted by atomic mass is 10.2. The van der Waals surface area contributed by atoms with Crippen molar-refractivity contribution in [3.63, 3.8) is 0 Å². The lowest BCUT2D eigenvalue weighted by Crippen LogP contribution is -2.14. The highest BCUT2D eigenvalue weighted by Crippen LogP contribution is 2.31. The van der Waals surface area contributed by atoms with Gasteiger partial charge in [0, 0.05) is 16.5 Å². The Balaban J connectivity index is 2.31. The molecule has 1 heterocycles. The van der Waals surface area contributed by atoms with E-state index in [1.54, 1.807) is 13.0 Å². The Hall–Kier alpha value is -2.45. The Bertz CT molecular complexity index is 834. The van der Waals surface area contributed by atoms with Crippen molar-refractivity contribution in [2.24, 2.45) is 0 Å². The molecule has 2 aromatic rings. The van der Waals surface area contributed by atoms with E-state index in [2.05, 4.69) is 5.32 Å². The largest absolute Gasteiger partial charge is 0.462 e. The van der Waals surface area contributed by atoms with Crippen LogP contribution in [0.5, 0.6) is 0 Å². The fourth-order valence-corrected chi connectivity index (χ4v) is 3.20. The predicted molar refractivity (Wildman–Crippen MR) is 95.7 cm³/mol. The normalized spacial score (nSPS) is 10.4. The Morgan fingerprint density at radius 2 is 2.04 bits per heavy atom. The molecule has 0 saturated heterocycles. The number of esters is 1. The second-order valence-corrected chi connectivity index (χ2v) is 6.45. The summed E-state index contributed by atoms with van der Waals surface area (Å²) in [5.74, 6) is -1.11. The lowest BCUT2D eigenvalue weighted by Gasteiger charge is -2.06. The molecule has 0 saturated carbocycles. The number of rotatable bonds is 6. The average Bonchev–Trinajstić information content (AvgIpc) is 2.98. The van der Waals surface area contributed by atoms with Crippen LogP contribution in [0.2, 0.25) is 5.02 Å². The number of carbonyl (C=O) groups is 2. The maximum absolute atomic E-state index is 12.4. The molecular formula is C16H15ClN2O5S. The third-order valence-electron chi connectivity index (χ3n) is 3.26. The van der Waals surface area contributed by atoms with Crippen LogP contribution in [0.3, 0.4) is 0 Å². The van der Waals surface area contributed by atoms with Crippen molar-refractivity contribution < 1.29 is 19.2 Å². The van der Waals surface area contributed by atoms with E-state index in [1.807, 2.05) is 6.92 Å². The summed E-state index contributed by atoms with van der Waals surface area (Å²) >= 11 is 7.00. The Kier molecular flexibility index (Phi) is 6.11. The van der Waals surface area contributed by atoms with Gasteiger partial charge in [-0.05, 0) is 31.5 Å². The number of thiophene rings is 1. The van der Waals surface area contributed by atoms with Gasteiger partial charge in [0.05, 0.1) is 17.1 Å². The minimum absolute atomic E-state index is 0.0573. The number of benzene rings is 1. The van der Waals surface area contributed by atoms with Crippen LogP contribution < -0.4 is 5.32 Å². The summed E-state index contributed by atoms with van der Waals surface area (Å²) in [6.07, 6.45) is 0.694. The third-order valence-corrected chi connectivity index (χ3v) is 4.77. The molecule has 1 amide bonds. The van der Waals surface area contributed by atoms with Crippen molar-refractivity contribution in [2.45, 2.75) is 20.3 Å². The van der Waals surface area contributed by atoms with Gasteiger partial charge in [-0.3, -0.25) is 14.9 Å². The first-order chi connectivity index (χ1) is 11.9. The van der Waals surface area contributed by atoms with Crippen molar-refractivity contribution in [3.05, 3.63) is 55.4 Å². The maximum Gasteiger partial charge on any atom is 0.341 e. The number of ether oxygens (including phenoxy) is 1. The topological polar surface area (TPSA) is 98.5 Å². The molecule has 2 rings (SSSR count). The zero-order valence-corrected chi connectivity index (χ0v) is 15.1. The van der Waals surface area contributed by atoms with Crippen molar-refractivity contribution in [3.8, 4) is 0 Å². The summed E-state index contributed by atoms with van der Waals surface area (Å²) in [5, 5.41) is 13.9. The monoisotopic (exact) mass is 382 g/mol. The SMILES string of the molecule is CCOC(=O)c1cc(CC)sc1NC(=O)c1ccc(Cl)c([N+](=O)[O-])c1. The van der Waals surface area contributed by atoms with E-state index in [1.165, 1.54) is 23.5 Å². The molecule has 0 fully saturated rings. The van der Waals surface area contributed by atoms with Crippen molar-refractivity contribution in [1.29, 1.82) is 0 Å². The van der Waals surface area contributed by atoms with Gasteiger partial charge < -0.3 is 10.1 Å². The van der Waals surface area contributed by atoms with Gasteiger partial charge >= 0.3 is 5.97 Å². The third kappa shape index (κ3) is 4.34. The number of nitro benzene ring substituents is 1. The number of nitro groups is 1. The number of anilines is 1. The van der Waals surface area contributed by atoms with Crippen molar-refractivity contribution in [2.75, 3.05) is 11.9 Å². The highest BCUT2D eigenvalue weighted by Gasteiger charge is 2.21. The quantitative estimate of drug-likeness (QED) is 0.456. The Morgan fingerprint density at radius 3 is 2.64 bits per heavy atom. The fourth-order valence-electron chi connectivity index (χ4n) is 2.04. The number of nitrogens with zero attached hydrogens (tertiary/aromatic N) is 1. The van der Waals surface area contributed by atoms with Gasteiger partial charge in [0.15, 0.2) is 0 Å². The number of amides is 1. The fraction of sp³-hybridized carbons (Fsp3) is 0.250. The molecular weight excluding hydrogens is 368 g/mol. The van der Waals surface area contributed by atoms with Crippen LogP contribution in [0.4, 0.5) is 10.7 Å². The summed E-state index contributed by atoms with van der Waals surface area (Å²) in [6.45, 7) is 3.83. The van der Waals surface area contributed by atoms with Crippen LogP contribution in [0, 0.1) is 10.1 Å². The molecule has 132 valence electrons. The van der Waals surface area contributed by atoms with Crippen molar-refractivity contribution in [1.82, 2.24) is 0 Å². The van der Waals surface area contributed by atoms with Crippen LogP contribution in [0.15, 0.2) is 24.3 Å². The zero-order valence-electron chi connectivity index (χ0n) is 13.5. The molecule has 25 heavy (non-hydrogen) atoms. The van der Waals surface area contributed by atoms with Crippen LogP contribution >= 0.6 is 22.9 Å². The van der Waals surface area contributed by atoms with Crippen LogP contribution in [0.1, 0.15) is 39.4 Å². The van der Waals surface area contributed by atoms with Gasteiger partial charge in [0.25, 0.3) is 11.6 Å². The molecule has 7 nitrogen and oxygen atoms in total. The smallest absolute Gasteiger partial charge is 0.341 e. The molecule has 0 atom stereocenters. The number of nitrogens with one attached hydrogen (secondary N) is 1. The molecule has 0 aliphatic carbocycles. The molecule has 0 spiro atoms. The summed E-state index contributed by atoms with van der Waals surface area (Å²) in [5.41, 5.74) is -0.0294. The first-order valence-electron chi connectivity index (χ1n) is 7.42. The number of halogens is 1. The standard InChI is InChI=1S/C16H15ClN2O5S/c1-3-10-8-11(16(21)24-4-2)15(25-10)18-14(20)9-5-6-12(17)13(7-9)19(22)23/h5-8H,3-4H2,1-2H3,(H,18,20). The van der Waals surface area contributed by atoms with Gasteiger partial charge in [-0.1, -0.05) is 18.5 Å². The number of carbonyl (C=O) groups excluding carboxylic acids is 2. The first-order valence-corrected chi connectivity index (χ1v) is 8.61. The second-order valence-electron chi connectivity index (χ2n) is 4.91. The highest BCUT2D eigenvalue weighted by atomic mass is 35.5. The predicted octanol–water partition coefficient (Wildman–Crippen LogP) is 4.30. The highest BCUT2D eigenvalue weighted by molar-refractivity contribution is 7.16. The molecule has 0 bridgehead atoms. The number of hydrogen-bond donors (Lipinski definition) is 1. The first kappa shape index (κ1) is 18.9. The molecule has 1 aromatic carbocycles. The average molecular weight is 383 g/mol. The maximum atomic E-state index is 12.4. The molecule has 0 unspecified atom stereocenters. The molecule has 0 aliphatic heterocycles. The van der Waals surface area contributed by atoms with Crippen LogP contribution in [-0.4, -0.2) is 23.4 Å². The van der Waals surface area contributed by atoms with E-state index in [-0.39, 0.29) is 28.4 Å². The van der Waals surface area contributed by atoms with E-state index in [0.717, 1.165) is 10.9 Å².